The Morgan fingerprint density at radius 1 is 0.679 bits per heavy atom. The molecule has 0 bridgehead atoms. The van der Waals surface area contributed by atoms with E-state index in [4.69, 9.17) is 9.47 Å². The highest BCUT2D eigenvalue weighted by Crippen LogP contribution is 2.20. The second-order valence-corrected chi connectivity index (χ2v) is 5.91. The molecule has 6 heteroatoms. The van der Waals surface area contributed by atoms with E-state index in [-0.39, 0.29) is 11.8 Å². The van der Waals surface area contributed by atoms with Gasteiger partial charge in [0.2, 0.25) is 0 Å². The van der Waals surface area contributed by atoms with Crippen LogP contribution in [0, 0.1) is 0 Å². The van der Waals surface area contributed by atoms with E-state index in [2.05, 4.69) is 10.6 Å². The average Bonchev–Trinajstić information content (AvgIpc) is 2.74. The van der Waals surface area contributed by atoms with Crippen molar-refractivity contribution >= 4 is 23.2 Å². The lowest BCUT2D eigenvalue weighted by atomic mass is 10.1. The van der Waals surface area contributed by atoms with Gasteiger partial charge in [-0.15, -0.1) is 0 Å². The Balaban J connectivity index is 1.75. The summed E-state index contributed by atoms with van der Waals surface area (Å²) in [6, 6.07) is 20.6. The predicted molar refractivity (Wildman–Crippen MR) is 108 cm³/mol. The van der Waals surface area contributed by atoms with E-state index in [0.717, 1.165) is 0 Å². The van der Waals surface area contributed by atoms with E-state index in [9.17, 15) is 9.59 Å². The molecular weight excluding hydrogens is 356 g/mol. The summed E-state index contributed by atoms with van der Waals surface area (Å²) in [6.07, 6.45) is 0. The summed E-state index contributed by atoms with van der Waals surface area (Å²) in [7, 11) is 3.14. The number of nitrogens with one attached hydrogen (secondary N) is 2. The fourth-order valence-electron chi connectivity index (χ4n) is 2.60. The van der Waals surface area contributed by atoms with E-state index in [1.54, 1.807) is 87.0 Å². The Morgan fingerprint density at radius 3 is 1.86 bits per heavy atom. The van der Waals surface area contributed by atoms with E-state index in [1.807, 2.05) is 0 Å². The maximum absolute atomic E-state index is 12.7. The lowest BCUT2D eigenvalue weighted by Gasteiger charge is -2.12. The molecule has 0 aliphatic heterocycles. The number of carbonyl (C=O) groups is 2. The molecule has 2 N–H and O–H groups in total. The Hall–Kier alpha value is -3.80. The highest BCUT2D eigenvalue weighted by atomic mass is 16.5. The Morgan fingerprint density at radius 2 is 1.25 bits per heavy atom. The van der Waals surface area contributed by atoms with Crippen LogP contribution in [0.2, 0.25) is 0 Å². The number of ether oxygens (including phenoxy) is 2. The van der Waals surface area contributed by atoms with Gasteiger partial charge in [0, 0.05) is 11.3 Å². The number of para-hydroxylation sites is 1. The van der Waals surface area contributed by atoms with Crippen LogP contribution in [0.25, 0.3) is 0 Å². The number of rotatable bonds is 6. The number of hydrogen-bond acceptors (Lipinski definition) is 4. The predicted octanol–water partition coefficient (Wildman–Crippen LogP) is 4.21. The number of methoxy groups -OCH3 is 2. The summed E-state index contributed by atoms with van der Waals surface area (Å²) in [5, 5.41) is 5.60. The molecule has 2 amide bonds. The summed E-state index contributed by atoms with van der Waals surface area (Å²) in [4.78, 5) is 25.2. The standard InChI is InChI=1S/C22H20N2O4/c1-27-17-11-7-15(8-12-17)21(25)24-20-6-4-3-5-19(20)22(26)23-16-9-13-18(28-2)14-10-16/h3-14H,1-2H3,(H,23,26)(H,24,25). The lowest BCUT2D eigenvalue weighted by Crippen LogP contribution is -2.18. The van der Waals surface area contributed by atoms with Crippen LogP contribution >= 0.6 is 0 Å². The minimum absolute atomic E-state index is 0.313. The maximum atomic E-state index is 12.7. The minimum Gasteiger partial charge on any atom is -0.497 e. The van der Waals surface area contributed by atoms with Crippen LogP contribution in [-0.2, 0) is 0 Å². The summed E-state index contributed by atoms with van der Waals surface area (Å²) in [6.45, 7) is 0. The SMILES string of the molecule is COc1ccc(NC(=O)c2ccccc2NC(=O)c2ccc(OC)cc2)cc1. The van der Waals surface area contributed by atoms with Crippen molar-refractivity contribution in [1.82, 2.24) is 0 Å². The first-order valence-corrected chi connectivity index (χ1v) is 8.60. The largest absolute Gasteiger partial charge is 0.497 e. The average molecular weight is 376 g/mol. The zero-order chi connectivity index (χ0) is 19.9. The van der Waals surface area contributed by atoms with Crippen molar-refractivity contribution in [3.63, 3.8) is 0 Å². The molecule has 3 aromatic rings. The van der Waals surface area contributed by atoms with Crippen molar-refractivity contribution in [3.8, 4) is 11.5 Å². The van der Waals surface area contributed by atoms with Gasteiger partial charge in [-0.3, -0.25) is 9.59 Å². The lowest BCUT2D eigenvalue weighted by molar-refractivity contribution is 0.102. The molecule has 0 fully saturated rings. The molecule has 0 saturated heterocycles. The van der Waals surface area contributed by atoms with Crippen molar-refractivity contribution in [2.75, 3.05) is 24.9 Å². The molecule has 0 aliphatic carbocycles. The summed E-state index contributed by atoms with van der Waals surface area (Å²) < 4.78 is 10.2. The van der Waals surface area contributed by atoms with Crippen LogP contribution in [0.5, 0.6) is 11.5 Å². The van der Waals surface area contributed by atoms with Crippen LogP contribution in [0.4, 0.5) is 11.4 Å². The number of anilines is 2. The summed E-state index contributed by atoms with van der Waals surface area (Å²) in [5.74, 6) is 0.726. The van der Waals surface area contributed by atoms with Gasteiger partial charge in [-0.2, -0.15) is 0 Å². The molecule has 0 aromatic heterocycles. The highest BCUT2D eigenvalue weighted by molar-refractivity contribution is 6.12. The molecule has 0 spiro atoms. The van der Waals surface area contributed by atoms with Crippen molar-refractivity contribution in [1.29, 1.82) is 0 Å². The van der Waals surface area contributed by atoms with Crippen molar-refractivity contribution in [3.05, 3.63) is 83.9 Å². The summed E-state index contributed by atoms with van der Waals surface area (Å²) in [5.41, 5.74) is 1.88. The molecule has 0 radical (unpaired) electrons. The number of hydrogen-bond donors (Lipinski definition) is 2. The molecule has 6 nitrogen and oxygen atoms in total. The maximum Gasteiger partial charge on any atom is 0.257 e. The molecule has 0 aliphatic rings. The van der Waals surface area contributed by atoms with Gasteiger partial charge in [0.15, 0.2) is 0 Å². The van der Waals surface area contributed by atoms with Gasteiger partial charge in [0.05, 0.1) is 25.5 Å². The van der Waals surface area contributed by atoms with E-state index in [1.165, 1.54) is 0 Å². The highest BCUT2D eigenvalue weighted by Gasteiger charge is 2.14. The number of carbonyl (C=O) groups excluding carboxylic acids is 2. The molecule has 28 heavy (non-hydrogen) atoms. The first-order valence-electron chi connectivity index (χ1n) is 8.60. The van der Waals surface area contributed by atoms with Crippen LogP contribution in [0.3, 0.4) is 0 Å². The number of benzene rings is 3. The second kappa shape index (κ2) is 8.73. The normalized spacial score (nSPS) is 10.1. The first-order chi connectivity index (χ1) is 13.6. The van der Waals surface area contributed by atoms with E-state index in [0.29, 0.717) is 34.0 Å². The van der Waals surface area contributed by atoms with Gasteiger partial charge in [-0.05, 0) is 60.7 Å². The van der Waals surface area contributed by atoms with Crippen LogP contribution in [0.1, 0.15) is 20.7 Å². The Kier molecular flexibility index (Phi) is 5.91. The monoisotopic (exact) mass is 376 g/mol. The quantitative estimate of drug-likeness (QED) is 0.676. The van der Waals surface area contributed by atoms with Gasteiger partial charge in [-0.25, -0.2) is 0 Å². The Bertz CT molecular complexity index is 967. The van der Waals surface area contributed by atoms with Crippen LogP contribution < -0.4 is 20.1 Å². The molecule has 0 unspecified atom stereocenters. The third kappa shape index (κ3) is 4.48. The minimum atomic E-state index is -0.323. The van der Waals surface area contributed by atoms with Gasteiger partial charge in [-0.1, -0.05) is 12.1 Å². The Labute approximate surface area is 163 Å². The van der Waals surface area contributed by atoms with Gasteiger partial charge >= 0.3 is 0 Å². The molecule has 3 rings (SSSR count). The van der Waals surface area contributed by atoms with Gasteiger partial charge in [0.25, 0.3) is 11.8 Å². The second-order valence-electron chi connectivity index (χ2n) is 5.91. The molecule has 3 aromatic carbocycles. The fraction of sp³-hybridized carbons (Fsp3) is 0.0909. The van der Waals surface area contributed by atoms with Crippen LogP contribution in [-0.4, -0.2) is 26.0 Å². The molecular formula is C22H20N2O4. The topological polar surface area (TPSA) is 76.7 Å². The van der Waals surface area contributed by atoms with E-state index < -0.39 is 0 Å². The smallest absolute Gasteiger partial charge is 0.257 e. The zero-order valence-corrected chi connectivity index (χ0v) is 15.6. The van der Waals surface area contributed by atoms with Gasteiger partial charge < -0.3 is 20.1 Å². The first kappa shape index (κ1) is 19.0. The number of amides is 2. The molecule has 0 saturated carbocycles. The zero-order valence-electron chi connectivity index (χ0n) is 15.6. The van der Waals surface area contributed by atoms with Gasteiger partial charge in [0.1, 0.15) is 11.5 Å². The third-order valence-corrected chi connectivity index (χ3v) is 4.12. The molecule has 0 heterocycles. The van der Waals surface area contributed by atoms with E-state index >= 15 is 0 Å². The molecule has 0 atom stereocenters. The third-order valence-electron chi connectivity index (χ3n) is 4.12. The fourth-order valence-corrected chi connectivity index (χ4v) is 2.60. The van der Waals surface area contributed by atoms with Crippen molar-refractivity contribution < 1.29 is 19.1 Å². The molecule has 142 valence electrons. The van der Waals surface area contributed by atoms with Crippen LogP contribution in [0.15, 0.2) is 72.8 Å². The van der Waals surface area contributed by atoms with Crippen molar-refractivity contribution in [2.24, 2.45) is 0 Å². The van der Waals surface area contributed by atoms with Crippen molar-refractivity contribution in [2.45, 2.75) is 0 Å². The summed E-state index contributed by atoms with van der Waals surface area (Å²) >= 11 is 0.